The molecule has 0 N–H and O–H groups in total. The molecule has 0 aromatic heterocycles. The van der Waals surface area contributed by atoms with Gasteiger partial charge < -0.3 is 4.74 Å². The first-order valence-corrected chi connectivity index (χ1v) is 8.03. The maximum Gasteiger partial charge on any atom is 0.168 e. The number of ether oxygens (including phenoxy) is 1. The predicted octanol–water partition coefficient (Wildman–Crippen LogP) is 5.01. The third kappa shape index (κ3) is 4.05. The molecule has 3 heteroatoms. The van der Waals surface area contributed by atoms with Crippen LogP contribution in [0.4, 0.5) is 4.39 Å². The van der Waals surface area contributed by atoms with Crippen LogP contribution in [0, 0.1) is 17.7 Å². The van der Waals surface area contributed by atoms with E-state index in [0.717, 1.165) is 31.6 Å². The van der Waals surface area contributed by atoms with Gasteiger partial charge >= 0.3 is 0 Å². The van der Waals surface area contributed by atoms with E-state index in [-0.39, 0.29) is 17.3 Å². The highest BCUT2D eigenvalue weighted by Crippen LogP contribution is 2.34. The lowest BCUT2D eigenvalue weighted by Gasteiger charge is -2.27. The van der Waals surface area contributed by atoms with Crippen molar-refractivity contribution in [2.45, 2.75) is 51.9 Å². The molecule has 116 valence electrons. The lowest BCUT2D eigenvalue weighted by atomic mass is 9.77. The summed E-state index contributed by atoms with van der Waals surface area (Å²) in [5, 5.41) is 0. The van der Waals surface area contributed by atoms with Crippen molar-refractivity contribution in [2.75, 3.05) is 7.11 Å². The smallest absolute Gasteiger partial charge is 0.168 e. The van der Waals surface area contributed by atoms with Crippen molar-refractivity contribution in [3.05, 3.63) is 29.6 Å². The molecule has 1 aliphatic carbocycles. The summed E-state index contributed by atoms with van der Waals surface area (Å²) in [6, 6.07) is 4.50. The van der Waals surface area contributed by atoms with Crippen LogP contribution in [0.2, 0.25) is 0 Å². The van der Waals surface area contributed by atoms with Gasteiger partial charge in [-0.05, 0) is 43.7 Å². The Morgan fingerprint density at radius 1 is 1.29 bits per heavy atom. The van der Waals surface area contributed by atoms with Crippen molar-refractivity contribution in [3.63, 3.8) is 0 Å². The first-order valence-electron chi connectivity index (χ1n) is 8.03. The van der Waals surface area contributed by atoms with Crippen LogP contribution in [0.3, 0.4) is 0 Å². The molecule has 0 saturated heterocycles. The molecular weight excluding hydrogens is 267 g/mol. The molecule has 1 fully saturated rings. The summed E-state index contributed by atoms with van der Waals surface area (Å²) < 4.78 is 19.0. The molecule has 1 aromatic carbocycles. The van der Waals surface area contributed by atoms with E-state index in [4.69, 9.17) is 4.74 Å². The molecule has 0 aliphatic heterocycles. The number of Topliss-reactive ketones (excluding diaryl/α,β-unsaturated/α-hetero) is 1. The summed E-state index contributed by atoms with van der Waals surface area (Å²) in [6.07, 6.45) is 7.79. The molecule has 0 heterocycles. The Morgan fingerprint density at radius 2 is 2.00 bits per heavy atom. The fourth-order valence-corrected chi connectivity index (χ4v) is 3.25. The van der Waals surface area contributed by atoms with E-state index in [1.165, 1.54) is 32.4 Å². The van der Waals surface area contributed by atoms with E-state index >= 15 is 0 Å². The molecule has 0 unspecified atom stereocenters. The topological polar surface area (TPSA) is 26.3 Å². The average Bonchev–Trinajstić information content (AvgIpc) is 2.52. The molecular formula is C18H25FO2. The van der Waals surface area contributed by atoms with Crippen LogP contribution in [-0.4, -0.2) is 12.9 Å². The van der Waals surface area contributed by atoms with Crippen LogP contribution in [0.1, 0.15) is 62.2 Å². The molecule has 0 amide bonds. The number of methoxy groups -OCH3 is 1. The average molecular weight is 292 g/mol. The summed E-state index contributed by atoms with van der Waals surface area (Å²) in [5.74, 6) is 0.698. The van der Waals surface area contributed by atoms with Gasteiger partial charge in [0.15, 0.2) is 5.78 Å². The second-order valence-electron chi connectivity index (χ2n) is 6.07. The summed E-state index contributed by atoms with van der Waals surface area (Å²) >= 11 is 0. The Kier molecular flexibility index (Phi) is 5.77. The van der Waals surface area contributed by atoms with E-state index in [2.05, 4.69) is 6.92 Å². The summed E-state index contributed by atoms with van der Waals surface area (Å²) in [5.41, 5.74) is 0.216. The van der Waals surface area contributed by atoms with Gasteiger partial charge in [-0.3, -0.25) is 4.79 Å². The summed E-state index contributed by atoms with van der Waals surface area (Å²) in [7, 11) is 1.49. The second-order valence-corrected chi connectivity index (χ2v) is 6.07. The number of unbranched alkanes of at least 4 members (excludes halogenated alkanes) is 1. The SMILES string of the molecule is CCCCC1CCC(C(=O)c2ccc(OC)cc2F)CC1. The zero-order chi connectivity index (χ0) is 15.2. The Labute approximate surface area is 126 Å². The number of hydrogen-bond acceptors (Lipinski definition) is 2. The van der Waals surface area contributed by atoms with E-state index in [1.807, 2.05) is 0 Å². The summed E-state index contributed by atoms with van der Waals surface area (Å²) in [6.45, 7) is 2.21. The molecule has 1 aromatic rings. The van der Waals surface area contributed by atoms with Crippen LogP contribution in [0.5, 0.6) is 5.75 Å². The van der Waals surface area contributed by atoms with Crippen LogP contribution >= 0.6 is 0 Å². The van der Waals surface area contributed by atoms with Crippen LogP contribution < -0.4 is 4.74 Å². The van der Waals surface area contributed by atoms with Crippen molar-refractivity contribution >= 4 is 5.78 Å². The van der Waals surface area contributed by atoms with Crippen molar-refractivity contribution in [1.82, 2.24) is 0 Å². The van der Waals surface area contributed by atoms with Crippen LogP contribution in [-0.2, 0) is 0 Å². The third-order valence-electron chi connectivity index (χ3n) is 4.63. The second kappa shape index (κ2) is 7.58. The number of benzene rings is 1. The Balaban J connectivity index is 1.95. The van der Waals surface area contributed by atoms with Crippen molar-refractivity contribution in [2.24, 2.45) is 11.8 Å². The number of carbonyl (C=O) groups excluding carboxylic acids is 1. The fraction of sp³-hybridized carbons (Fsp3) is 0.611. The van der Waals surface area contributed by atoms with Crippen molar-refractivity contribution < 1.29 is 13.9 Å². The standard InChI is InChI=1S/C18H25FO2/c1-3-4-5-13-6-8-14(9-7-13)18(20)16-11-10-15(21-2)12-17(16)19/h10-14H,3-9H2,1-2H3. The first-order chi connectivity index (χ1) is 10.2. The maximum absolute atomic E-state index is 14.0. The first kappa shape index (κ1) is 16.0. The van der Waals surface area contributed by atoms with E-state index in [0.29, 0.717) is 5.75 Å². The van der Waals surface area contributed by atoms with Gasteiger partial charge in [0.25, 0.3) is 0 Å². The molecule has 0 spiro atoms. The number of ketones is 1. The van der Waals surface area contributed by atoms with E-state index < -0.39 is 5.82 Å². The Hall–Kier alpha value is -1.38. The van der Waals surface area contributed by atoms with Gasteiger partial charge in [0.1, 0.15) is 11.6 Å². The minimum absolute atomic E-state index is 0.00854. The molecule has 0 radical (unpaired) electrons. The Morgan fingerprint density at radius 3 is 2.57 bits per heavy atom. The molecule has 2 rings (SSSR count). The van der Waals surface area contributed by atoms with E-state index in [9.17, 15) is 9.18 Å². The minimum atomic E-state index is -0.465. The zero-order valence-electron chi connectivity index (χ0n) is 13.0. The van der Waals surface area contributed by atoms with Crippen molar-refractivity contribution in [1.29, 1.82) is 0 Å². The van der Waals surface area contributed by atoms with Gasteiger partial charge in [-0.2, -0.15) is 0 Å². The quantitative estimate of drug-likeness (QED) is 0.689. The lowest BCUT2D eigenvalue weighted by Crippen LogP contribution is -2.22. The van der Waals surface area contributed by atoms with Crippen molar-refractivity contribution in [3.8, 4) is 5.75 Å². The van der Waals surface area contributed by atoms with Gasteiger partial charge in [0.2, 0.25) is 0 Å². The molecule has 1 aliphatic rings. The summed E-state index contributed by atoms with van der Waals surface area (Å²) in [4.78, 5) is 12.5. The van der Waals surface area contributed by atoms with Gasteiger partial charge in [0, 0.05) is 12.0 Å². The molecule has 21 heavy (non-hydrogen) atoms. The number of rotatable bonds is 6. The van der Waals surface area contributed by atoms with Gasteiger partial charge in [-0.15, -0.1) is 0 Å². The number of carbonyl (C=O) groups is 1. The van der Waals surface area contributed by atoms with Gasteiger partial charge in [-0.25, -0.2) is 4.39 Å². The molecule has 2 nitrogen and oxygen atoms in total. The molecule has 0 atom stereocenters. The normalized spacial score (nSPS) is 22.0. The Bertz CT molecular complexity index is 476. The number of halogens is 1. The highest BCUT2D eigenvalue weighted by molar-refractivity contribution is 5.98. The lowest BCUT2D eigenvalue weighted by molar-refractivity contribution is 0.0865. The number of hydrogen-bond donors (Lipinski definition) is 0. The highest BCUT2D eigenvalue weighted by atomic mass is 19.1. The van der Waals surface area contributed by atoms with Gasteiger partial charge in [0.05, 0.1) is 12.7 Å². The fourth-order valence-electron chi connectivity index (χ4n) is 3.25. The molecule has 1 saturated carbocycles. The van der Waals surface area contributed by atoms with Crippen LogP contribution in [0.15, 0.2) is 18.2 Å². The maximum atomic E-state index is 14.0. The largest absolute Gasteiger partial charge is 0.497 e. The van der Waals surface area contributed by atoms with Gasteiger partial charge in [-0.1, -0.05) is 26.2 Å². The zero-order valence-corrected chi connectivity index (χ0v) is 13.0. The minimum Gasteiger partial charge on any atom is -0.497 e. The molecule has 0 bridgehead atoms. The monoisotopic (exact) mass is 292 g/mol. The van der Waals surface area contributed by atoms with Crippen LogP contribution in [0.25, 0.3) is 0 Å². The van der Waals surface area contributed by atoms with E-state index in [1.54, 1.807) is 12.1 Å². The third-order valence-corrected chi connectivity index (χ3v) is 4.63. The predicted molar refractivity (Wildman–Crippen MR) is 82.3 cm³/mol. The highest BCUT2D eigenvalue weighted by Gasteiger charge is 2.28.